The van der Waals surface area contributed by atoms with Crippen molar-refractivity contribution in [3.8, 4) is 0 Å². The van der Waals surface area contributed by atoms with Crippen molar-refractivity contribution < 1.29 is 14.3 Å². The summed E-state index contributed by atoms with van der Waals surface area (Å²) in [6, 6.07) is 10.2. The lowest BCUT2D eigenvalue weighted by Crippen LogP contribution is -2.37. The summed E-state index contributed by atoms with van der Waals surface area (Å²) < 4.78 is 4.82. The van der Waals surface area contributed by atoms with E-state index < -0.39 is 6.09 Å². The fraction of sp³-hybridized carbons (Fsp3) is 0.467. The highest BCUT2D eigenvalue weighted by atomic mass is 16.6. The third-order valence-corrected chi connectivity index (χ3v) is 3.90. The summed E-state index contributed by atoms with van der Waals surface area (Å²) in [7, 11) is 0. The molecule has 0 saturated carbocycles. The van der Waals surface area contributed by atoms with Gasteiger partial charge in [0, 0.05) is 13.1 Å². The molecule has 1 aromatic rings. The zero-order chi connectivity index (χ0) is 13.9. The molecule has 5 heteroatoms. The van der Waals surface area contributed by atoms with Crippen LogP contribution in [0.25, 0.3) is 0 Å². The Labute approximate surface area is 118 Å². The Morgan fingerprint density at radius 3 is 2.75 bits per heavy atom. The first-order valence-electron chi connectivity index (χ1n) is 6.98. The molecule has 20 heavy (non-hydrogen) atoms. The molecule has 2 saturated heterocycles. The molecule has 0 aliphatic carbocycles. The minimum absolute atomic E-state index is 0.0793. The highest BCUT2D eigenvalue weighted by Gasteiger charge is 2.36. The number of ether oxygens (including phenoxy) is 1. The lowest BCUT2D eigenvalue weighted by molar-refractivity contribution is -0.131. The van der Waals surface area contributed by atoms with Crippen molar-refractivity contribution in [1.29, 1.82) is 0 Å². The van der Waals surface area contributed by atoms with Gasteiger partial charge in [0.05, 0.1) is 12.5 Å². The van der Waals surface area contributed by atoms with Gasteiger partial charge in [0.15, 0.2) is 0 Å². The Hall–Kier alpha value is -1.88. The molecular formula is C15H18N2O3. The maximum atomic E-state index is 12.3. The first kappa shape index (κ1) is 13.1. The number of amides is 2. The van der Waals surface area contributed by atoms with E-state index in [2.05, 4.69) is 17.0 Å². The Kier molecular flexibility index (Phi) is 3.69. The van der Waals surface area contributed by atoms with Crippen LogP contribution in [0.2, 0.25) is 0 Å². The molecule has 1 unspecified atom stereocenters. The van der Waals surface area contributed by atoms with Crippen LogP contribution in [0.4, 0.5) is 4.79 Å². The first-order chi connectivity index (χ1) is 9.74. The van der Waals surface area contributed by atoms with Crippen molar-refractivity contribution in [3.05, 3.63) is 35.9 Å². The maximum Gasteiger partial charge on any atom is 0.416 e. The zero-order valence-corrected chi connectivity index (χ0v) is 11.3. The molecule has 0 spiro atoms. The number of nitrogens with zero attached hydrogens (tertiary/aromatic N) is 2. The summed E-state index contributed by atoms with van der Waals surface area (Å²) in [5, 5.41) is 0. The number of carbonyl (C=O) groups excluding carboxylic acids is 2. The Morgan fingerprint density at radius 2 is 2.05 bits per heavy atom. The molecule has 106 valence electrons. The number of likely N-dealkylation sites (tertiary alicyclic amines) is 1. The van der Waals surface area contributed by atoms with Crippen molar-refractivity contribution in [3.63, 3.8) is 0 Å². The number of carbonyl (C=O) groups is 2. The average Bonchev–Trinajstić information content (AvgIpc) is 3.08. The van der Waals surface area contributed by atoms with Crippen LogP contribution < -0.4 is 0 Å². The molecule has 5 nitrogen and oxygen atoms in total. The summed E-state index contributed by atoms with van der Waals surface area (Å²) in [6.45, 7) is 3.19. The molecule has 0 aromatic heterocycles. The standard InChI is InChI=1S/C15H18N2O3/c18-14(17-8-9-20-15(17)19)13-6-7-16(11-13)10-12-4-2-1-3-5-12/h1-5,13H,6-11H2. The highest BCUT2D eigenvalue weighted by molar-refractivity contribution is 5.94. The smallest absolute Gasteiger partial charge is 0.416 e. The monoisotopic (exact) mass is 274 g/mol. The van der Waals surface area contributed by atoms with Gasteiger partial charge in [0.1, 0.15) is 6.61 Å². The number of hydrogen-bond donors (Lipinski definition) is 0. The van der Waals surface area contributed by atoms with Crippen LogP contribution in [0, 0.1) is 5.92 Å². The predicted octanol–water partition coefficient (Wildman–Crippen LogP) is 1.49. The van der Waals surface area contributed by atoms with E-state index in [1.807, 2.05) is 18.2 Å². The Morgan fingerprint density at radius 1 is 1.25 bits per heavy atom. The minimum Gasteiger partial charge on any atom is -0.447 e. The SMILES string of the molecule is O=C1OCCN1C(=O)C1CCN(Cc2ccccc2)C1. The molecule has 2 amide bonds. The Balaban J connectivity index is 1.57. The summed E-state index contributed by atoms with van der Waals surface area (Å²) in [4.78, 5) is 27.2. The van der Waals surface area contributed by atoms with E-state index >= 15 is 0 Å². The Bertz CT molecular complexity index is 503. The summed E-state index contributed by atoms with van der Waals surface area (Å²) >= 11 is 0. The summed E-state index contributed by atoms with van der Waals surface area (Å²) in [5.41, 5.74) is 1.25. The van der Waals surface area contributed by atoms with E-state index in [1.54, 1.807) is 0 Å². The van der Waals surface area contributed by atoms with Crippen LogP contribution in [-0.2, 0) is 16.1 Å². The van der Waals surface area contributed by atoms with E-state index in [9.17, 15) is 9.59 Å². The first-order valence-corrected chi connectivity index (χ1v) is 6.98. The van der Waals surface area contributed by atoms with Gasteiger partial charge in [-0.2, -0.15) is 0 Å². The van der Waals surface area contributed by atoms with Gasteiger partial charge in [-0.3, -0.25) is 9.69 Å². The third-order valence-electron chi connectivity index (χ3n) is 3.90. The van der Waals surface area contributed by atoms with Crippen LogP contribution in [-0.4, -0.2) is 48.0 Å². The molecule has 3 rings (SSSR count). The van der Waals surface area contributed by atoms with E-state index in [0.29, 0.717) is 13.2 Å². The van der Waals surface area contributed by atoms with Crippen molar-refractivity contribution in [1.82, 2.24) is 9.80 Å². The fourth-order valence-electron chi connectivity index (χ4n) is 2.83. The number of rotatable bonds is 3. The summed E-state index contributed by atoms with van der Waals surface area (Å²) in [6.07, 6.45) is 0.326. The zero-order valence-electron chi connectivity index (χ0n) is 11.3. The average molecular weight is 274 g/mol. The number of hydrogen-bond acceptors (Lipinski definition) is 4. The largest absolute Gasteiger partial charge is 0.447 e. The number of cyclic esters (lactones) is 1. The number of imide groups is 1. The van der Waals surface area contributed by atoms with Crippen LogP contribution in [0.15, 0.2) is 30.3 Å². The molecule has 1 aromatic carbocycles. The normalized spacial score (nSPS) is 23.1. The van der Waals surface area contributed by atoms with E-state index in [0.717, 1.165) is 26.1 Å². The van der Waals surface area contributed by atoms with Crippen LogP contribution >= 0.6 is 0 Å². The van der Waals surface area contributed by atoms with Crippen molar-refractivity contribution in [2.24, 2.45) is 5.92 Å². The van der Waals surface area contributed by atoms with Crippen LogP contribution in [0.3, 0.4) is 0 Å². The lowest BCUT2D eigenvalue weighted by atomic mass is 10.1. The van der Waals surface area contributed by atoms with Gasteiger partial charge < -0.3 is 4.74 Å². The van der Waals surface area contributed by atoms with Gasteiger partial charge >= 0.3 is 6.09 Å². The van der Waals surface area contributed by atoms with Gasteiger partial charge in [-0.1, -0.05) is 30.3 Å². The molecule has 2 heterocycles. The van der Waals surface area contributed by atoms with E-state index in [4.69, 9.17) is 4.74 Å². The van der Waals surface area contributed by atoms with Gasteiger partial charge in [-0.05, 0) is 18.5 Å². The number of benzene rings is 1. The van der Waals surface area contributed by atoms with E-state index in [1.165, 1.54) is 10.5 Å². The van der Waals surface area contributed by atoms with Crippen molar-refractivity contribution >= 4 is 12.0 Å². The van der Waals surface area contributed by atoms with Crippen LogP contribution in [0.5, 0.6) is 0 Å². The molecule has 1 atom stereocenters. The fourth-order valence-corrected chi connectivity index (χ4v) is 2.83. The second-order valence-electron chi connectivity index (χ2n) is 5.31. The molecule has 2 fully saturated rings. The summed E-state index contributed by atoms with van der Waals surface area (Å²) in [5.74, 6) is -0.160. The molecule has 0 radical (unpaired) electrons. The molecule has 2 aliphatic heterocycles. The maximum absolute atomic E-state index is 12.3. The van der Waals surface area contributed by atoms with Crippen molar-refractivity contribution in [2.45, 2.75) is 13.0 Å². The topological polar surface area (TPSA) is 49.9 Å². The van der Waals surface area contributed by atoms with Gasteiger partial charge in [0.25, 0.3) is 0 Å². The molecular weight excluding hydrogens is 256 g/mol. The quantitative estimate of drug-likeness (QED) is 0.838. The minimum atomic E-state index is -0.489. The van der Waals surface area contributed by atoms with Crippen LogP contribution in [0.1, 0.15) is 12.0 Å². The van der Waals surface area contributed by atoms with E-state index in [-0.39, 0.29) is 11.8 Å². The van der Waals surface area contributed by atoms with Gasteiger partial charge in [-0.25, -0.2) is 9.69 Å². The molecule has 2 aliphatic rings. The lowest BCUT2D eigenvalue weighted by Gasteiger charge is -2.18. The second-order valence-corrected chi connectivity index (χ2v) is 5.31. The highest BCUT2D eigenvalue weighted by Crippen LogP contribution is 2.22. The predicted molar refractivity (Wildman–Crippen MR) is 72.9 cm³/mol. The molecule has 0 N–H and O–H groups in total. The second kappa shape index (κ2) is 5.63. The van der Waals surface area contributed by atoms with Crippen molar-refractivity contribution in [2.75, 3.05) is 26.2 Å². The van der Waals surface area contributed by atoms with Gasteiger partial charge in [0.2, 0.25) is 5.91 Å². The molecule has 0 bridgehead atoms. The third kappa shape index (κ3) is 2.67. The van der Waals surface area contributed by atoms with Gasteiger partial charge in [-0.15, -0.1) is 0 Å².